The number of urea groups is 1. The summed E-state index contributed by atoms with van der Waals surface area (Å²) in [5, 5.41) is 3.05. The number of nitrogens with zero attached hydrogens (tertiary/aromatic N) is 2. The van der Waals surface area contributed by atoms with E-state index >= 15 is 0 Å². The van der Waals surface area contributed by atoms with Crippen LogP contribution in [0, 0.1) is 0 Å². The molecule has 4 heteroatoms. The van der Waals surface area contributed by atoms with Crippen molar-refractivity contribution in [1.82, 2.24) is 9.47 Å². The Hall–Kier alpha value is -3.01. The maximum atomic E-state index is 13.0. The lowest BCUT2D eigenvalue weighted by Crippen LogP contribution is -2.36. The van der Waals surface area contributed by atoms with Gasteiger partial charge in [0.25, 0.3) is 0 Å². The van der Waals surface area contributed by atoms with Gasteiger partial charge in [0, 0.05) is 17.6 Å². The predicted octanol–water partition coefficient (Wildman–Crippen LogP) is 5.15. The Morgan fingerprint density at radius 1 is 1.08 bits per heavy atom. The molecule has 0 saturated carbocycles. The smallest absolute Gasteiger partial charge is 0.318 e. The largest absolute Gasteiger partial charge is 0.322 e. The summed E-state index contributed by atoms with van der Waals surface area (Å²) in [4.78, 5) is 14.9. The lowest BCUT2D eigenvalue weighted by Gasteiger charge is -2.27. The Labute approximate surface area is 154 Å². The zero-order valence-electron chi connectivity index (χ0n) is 15.1. The molecule has 0 spiro atoms. The first-order valence-electron chi connectivity index (χ1n) is 9.09. The van der Waals surface area contributed by atoms with Crippen molar-refractivity contribution in [2.45, 2.75) is 32.9 Å². The number of anilines is 1. The molecule has 2 heterocycles. The van der Waals surface area contributed by atoms with Gasteiger partial charge >= 0.3 is 6.03 Å². The highest BCUT2D eigenvalue weighted by molar-refractivity contribution is 5.89. The van der Waals surface area contributed by atoms with Crippen molar-refractivity contribution in [3.05, 3.63) is 83.7 Å². The number of fused-ring (bicyclic) bond motifs is 3. The summed E-state index contributed by atoms with van der Waals surface area (Å²) in [5.41, 5.74) is 5.49. The number of hydrogen-bond donors (Lipinski definition) is 1. The van der Waals surface area contributed by atoms with Crippen LogP contribution in [0.4, 0.5) is 10.5 Å². The van der Waals surface area contributed by atoms with Crippen LogP contribution in [0.2, 0.25) is 0 Å². The van der Waals surface area contributed by atoms with E-state index in [1.807, 2.05) is 35.2 Å². The summed E-state index contributed by atoms with van der Waals surface area (Å²) < 4.78 is 2.18. The van der Waals surface area contributed by atoms with Crippen molar-refractivity contribution in [3.8, 4) is 5.69 Å². The highest BCUT2D eigenvalue weighted by atomic mass is 16.2. The zero-order valence-corrected chi connectivity index (χ0v) is 15.1. The fourth-order valence-corrected chi connectivity index (χ4v) is 3.58. The monoisotopic (exact) mass is 345 g/mol. The molecule has 4 nitrogen and oxygen atoms in total. The molecule has 0 fully saturated rings. The maximum Gasteiger partial charge on any atom is 0.322 e. The van der Waals surface area contributed by atoms with Gasteiger partial charge < -0.3 is 14.8 Å². The summed E-state index contributed by atoms with van der Waals surface area (Å²) in [7, 11) is 0. The topological polar surface area (TPSA) is 37.3 Å². The van der Waals surface area contributed by atoms with Crippen molar-refractivity contribution in [1.29, 1.82) is 0 Å². The number of nitrogens with one attached hydrogen (secondary N) is 1. The first-order valence-corrected chi connectivity index (χ1v) is 9.09. The van der Waals surface area contributed by atoms with E-state index in [2.05, 4.69) is 60.3 Å². The Morgan fingerprint density at radius 2 is 1.85 bits per heavy atom. The van der Waals surface area contributed by atoms with Crippen LogP contribution in [0.25, 0.3) is 5.69 Å². The Morgan fingerprint density at radius 3 is 2.62 bits per heavy atom. The summed E-state index contributed by atoms with van der Waals surface area (Å²) in [6.45, 7) is 4.79. The van der Waals surface area contributed by atoms with Gasteiger partial charge in [-0.1, -0.05) is 37.3 Å². The van der Waals surface area contributed by atoms with E-state index in [1.54, 1.807) is 0 Å². The van der Waals surface area contributed by atoms with Crippen molar-refractivity contribution in [2.75, 3.05) is 5.32 Å². The predicted molar refractivity (Wildman–Crippen MR) is 105 cm³/mol. The molecule has 2 amide bonds. The molecule has 26 heavy (non-hydrogen) atoms. The second kappa shape index (κ2) is 6.71. The average molecular weight is 345 g/mol. The number of aryl methyl sites for hydroxylation is 1. The van der Waals surface area contributed by atoms with Crippen molar-refractivity contribution >= 4 is 11.7 Å². The molecular formula is C22H23N3O. The molecule has 0 radical (unpaired) electrons. The summed E-state index contributed by atoms with van der Waals surface area (Å²) >= 11 is 0. The highest BCUT2D eigenvalue weighted by Gasteiger charge is 2.28. The van der Waals surface area contributed by atoms with E-state index in [1.165, 1.54) is 5.56 Å². The van der Waals surface area contributed by atoms with Crippen LogP contribution < -0.4 is 5.32 Å². The van der Waals surface area contributed by atoms with Crippen LogP contribution >= 0.6 is 0 Å². The number of aromatic nitrogens is 1. The highest BCUT2D eigenvalue weighted by Crippen LogP contribution is 2.32. The maximum absolute atomic E-state index is 13.0. The van der Waals surface area contributed by atoms with E-state index in [9.17, 15) is 4.79 Å². The first-order chi connectivity index (χ1) is 12.7. The van der Waals surface area contributed by atoms with Gasteiger partial charge in [-0.2, -0.15) is 0 Å². The second-order valence-electron chi connectivity index (χ2n) is 6.72. The molecule has 4 rings (SSSR count). The minimum absolute atomic E-state index is 0.0210. The number of amides is 2. The van der Waals surface area contributed by atoms with Crippen molar-refractivity contribution in [2.24, 2.45) is 0 Å². The second-order valence-corrected chi connectivity index (χ2v) is 6.72. The molecule has 0 bridgehead atoms. The van der Waals surface area contributed by atoms with Crippen molar-refractivity contribution in [3.63, 3.8) is 0 Å². The Balaban J connectivity index is 1.65. The van der Waals surface area contributed by atoms with Crippen LogP contribution in [0.3, 0.4) is 0 Å². The average Bonchev–Trinajstić information content (AvgIpc) is 3.12. The van der Waals surface area contributed by atoms with Gasteiger partial charge in [0.05, 0.1) is 18.3 Å². The summed E-state index contributed by atoms with van der Waals surface area (Å²) in [6.07, 6.45) is 3.06. The minimum Gasteiger partial charge on any atom is -0.318 e. The molecule has 1 aliphatic rings. The van der Waals surface area contributed by atoms with Crippen LogP contribution in [0.15, 0.2) is 66.9 Å². The third-order valence-corrected chi connectivity index (χ3v) is 5.14. The molecule has 0 saturated heterocycles. The molecule has 1 N–H and O–H groups in total. The van der Waals surface area contributed by atoms with E-state index in [0.29, 0.717) is 6.54 Å². The molecule has 3 aromatic rings. The quantitative estimate of drug-likeness (QED) is 0.685. The van der Waals surface area contributed by atoms with E-state index in [0.717, 1.165) is 29.1 Å². The Bertz CT molecular complexity index is 927. The van der Waals surface area contributed by atoms with Crippen LogP contribution in [0.5, 0.6) is 0 Å². The molecular weight excluding hydrogens is 322 g/mol. The zero-order chi connectivity index (χ0) is 18.1. The minimum atomic E-state index is -0.0776. The summed E-state index contributed by atoms with van der Waals surface area (Å²) in [5.74, 6) is 0. The van der Waals surface area contributed by atoms with Gasteiger partial charge in [-0.25, -0.2) is 4.79 Å². The van der Waals surface area contributed by atoms with Gasteiger partial charge in [0.2, 0.25) is 0 Å². The van der Waals surface area contributed by atoms with Gasteiger partial charge in [-0.05, 0) is 54.8 Å². The number of rotatable bonds is 2. The number of benzene rings is 2. The molecule has 1 aliphatic heterocycles. The molecule has 1 atom stereocenters. The number of hydrogen-bond acceptors (Lipinski definition) is 1. The molecule has 1 aromatic heterocycles. The van der Waals surface area contributed by atoms with E-state index < -0.39 is 0 Å². The van der Waals surface area contributed by atoms with E-state index in [-0.39, 0.29) is 12.1 Å². The van der Waals surface area contributed by atoms with E-state index in [4.69, 9.17) is 0 Å². The SMILES string of the molecule is CCc1ccc(NC(=O)N2Cc3ccccc3-n3cccc3[C@@H]2C)cc1. The number of carbonyl (C=O) groups excluding carboxylic acids is 1. The molecule has 0 unspecified atom stereocenters. The van der Waals surface area contributed by atoms with Crippen LogP contribution in [-0.4, -0.2) is 15.5 Å². The lowest BCUT2D eigenvalue weighted by atomic mass is 10.1. The molecule has 0 aliphatic carbocycles. The van der Waals surface area contributed by atoms with Crippen LogP contribution in [-0.2, 0) is 13.0 Å². The van der Waals surface area contributed by atoms with Crippen molar-refractivity contribution < 1.29 is 4.79 Å². The van der Waals surface area contributed by atoms with Crippen LogP contribution in [0.1, 0.15) is 36.7 Å². The number of carbonyl (C=O) groups is 1. The van der Waals surface area contributed by atoms with Gasteiger partial charge in [-0.15, -0.1) is 0 Å². The normalized spacial score (nSPS) is 15.8. The Kier molecular flexibility index (Phi) is 4.25. The number of para-hydroxylation sites is 1. The van der Waals surface area contributed by atoms with Gasteiger partial charge in [0.1, 0.15) is 0 Å². The summed E-state index contributed by atoms with van der Waals surface area (Å²) in [6, 6.07) is 20.3. The van der Waals surface area contributed by atoms with Gasteiger partial charge in [0.15, 0.2) is 0 Å². The molecule has 132 valence electrons. The van der Waals surface area contributed by atoms with Gasteiger partial charge in [-0.3, -0.25) is 0 Å². The first kappa shape index (κ1) is 16.5. The molecule has 2 aromatic carbocycles. The standard InChI is InChI=1S/C22H23N3O/c1-3-17-10-12-19(13-11-17)23-22(26)25-15-18-7-4-5-8-21(18)24-14-6-9-20(24)16(25)2/h4-14,16H,3,15H2,1-2H3,(H,23,26)/t16-/m0/s1. The fourth-order valence-electron chi connectivity index (χ4n) is 3.58. The lowest BCUT2D eigenvalue weighted by molar-refractivity contribution is 0.189. The fraction of sp³-hybridized carbons (Fsp3) is 0.227. The third kappa shape index (κ3) is 2.88. The third-order valence-electron chi connectivity index (χ3n) is 5.14.